The molecule has 1 aliphatic carbocycles. The van der Waals surface area contributed by atoms with Crippen LogP contribution in [0.4, 0.5) is 39.5 Å². The van der Waals surface area contributed by atoms with Crippen molar-refractivity contribution < 1.29 is 22.0 Å². The molecule has 13 heteroatoms. The predicted octanol–water partition coefficient (Wildman–Crippen LogP) is 5.39. The number of nitriles is 1. The van der Waals surface area contributed by atoms with Crippen LogP contribution in [0, 0.1) is 11.3 Å². The van der Waals surface area contributed by atoms with E-state index < -0.39 is 34.9 Å². The Morgan fingerprint density at radius 2 is 1.83 bits per heavy atom. The van der Waals surface area contributed by atoms with Crippen molar-refractivity contribution in [3.63, 3.8) is 0 Å². The second kappa shape index (κ2) is 8.61. The highest BCUT2D eigenvalue weighted by atomic mass is 19.4. The van der Waals surface area contributed by atoms with Crippen molar-refractivity contribution in [3.05, 3.63) is 47.9 Å². The van der Waals surface area contributed by atoms with Gasteiger partial charge in [-0.2, -0.15) is 42.2 Å². The lowest BCUT2D eigenvalue weighted by atomic mass is 10.0. The Kier molecular flexibility index (Phi) is 5.92. The van der Waals surface area contributed by atoms with E-state index in [0.717, 1.165) is 13.0 Å². The Hall–Kier alpha value is -4.08. The standard InChI is InChI=1S/C22H17F5N8/c1-12(22(25,26)27)30-18-33-17(14-4-3-5-15(32-14)20(2,23)24)34-19(35-18)31-13-6-9-29-16(10-13)21(11-28)7-8-21/h3-6,9-10H,7-8H2,1-2H3,(H,29,31,33,34,35)/b30-12+. The minimum atomic E-state index is -4.72. The van der Waals surface area contributed by atoms with E-state index in [2.05, 4.69) is 41.3 Å². The van der Waals surface area contributed by atoms with Gasteiger partial charge in [-0.05, 0) is 44.0 Å². The Labute approximate surface area is 196 Å². The van der Waals surface area contributed by atoms with Gasteiger partial charge in [0.05, 0.1) is 17.2 Å². The maximum atomic E-state index is 13.8. The maximum Gasteiger partial charge on any atom is 0.429 e. The summed E-state index contributed by atoms with van der Waals surface area (Å²) in [5.74, 6) is -4.30. The van der Waals surface area contributed by atoms with Crippen molar-refractivity contribution in [2.24, 2.45) is 4.99 Å². The van der Waals surface area contributed by atoms with Crippen LogP contribution in [0.2, 0.25) is 0 Å². The number of rotatable bonds is 6. The van der Waals surface area contributed by atoms with Crippen LogP contribution in [0.15, 0.2) is 41.5 Å². The fraction of sp³-hybridized carbons (Fsp3) is 0.318. The molecule has 3 heterocycles. The summed E-state index contributed by atoms with van der Waals surface area (Å²) < 4.78 is 66.6. The molecule has 1 N–H and O–H groups in total. The number of aliphatic imine (C=N–C) groups is 1. The van der Waals surface area contributed by atoms with E-state index in [4.69, 9.17) is 0 Å². The topological polar surface area (TPSA) is 113 Å². The van der Waals surface area contributed by atoms with Crippen LogP contribution in [0.25, 0.3) is 11.5 Å². The van der Waals surface area contributed by atoms with Gasteiger partial charge < -0.3 is 5.32 Å². The van der Waals surface area contributed by atoms with E-state index in [-0.39, 0.29) is 17.5 Å². The molecule has 180 valence electrons. The van der Waals surface area contributed by atoms with Crippen LogP contribution in [-0.4, -0.2) is 36.8 Å². The van der Waals surface area contributed by atoms with Gasteiger partial charge in [-0.1, -0.05) is 6.07 Å². The number of halogens is 5. The van der Waals surface area contributed by atoms with Crippen LogP contribution in [0.3, 0.4) is 0 Å². The van der Waals surface area contributed by atoms with E-state index in [0.29, 0.717) is 31.1 Å². The first-order valence-corrected chi connectivity index (χ1v) is 10.3. The van der Waals surface area contributed by atoms with Gasteiger partial charge in [0.1, 0.15) is 17.1 Å². The number of pyridine rings is 2. The van der Waals surface area contributed by atoms with Crippen molar-refractivity contribution >= 4 is 23.3 Å². The van der Waals surface area contributed by atoms with Gasteiger partial charge in [0.15, 0.2) is 5.82 Å². The SMILES string of the molecule is C/C(=N\c1nc(Nc2ccnc(C3(C#N)CC3)c2)nc(-c2cccc(C(C)(F)F)n2)n1)C(F)(F)F. The smallest absolute Gasteiger partial charge is 0.324 e. The normalized spacial score (nSPS) is 15.4. The zero-order valence-corrected chi connectivity index (χ0v) is 18.4. The van der Waals surface area contributed by atoms with E-state index in [1.165, 1.54) is 18.3 Å². The molecule has 1 aliphatic rings. The maximum absolute atomic E-state index is 13.8. The summed E-state index contributed by atoms with van der Waals surface area (Å²) in [6.45, 7) is 1.41. The summed E-state index contributed by atoms with van der Waals surface area (Å²) in [5, 5.41) is 12.2. The number of hydrogen-bond acceptors (Lipinski definition) is 8. The minimum absolute atomic E-state index is 0.104. The molecule has 0 bridgehead atoms. The third-order valence-corrected chi connectivity index (χ3v) is 5.20. The van der Waals surface area contributed by atoms with Gasteiger partial charge in [0.2, 0.25) is 5.95 Å². The lowest BCUT2D eigenvalue weighted by Gasteiger charge is -2.12. The fourth-order valence-electron chi connectivity index (χ4n) is 3.05. The highest BCUT2D eigenvalue weighted by Crippen LogP contribution is 2.47. The first-order chi connectivity index (χ1) is 16.4. The summed E-state index contributed by atoms with van der Waals surface area (Å²) in [5.41, 5.74) is -1.60. The molecule has 0 atom stereocenters. The largest absolute Gasteiger partial charge is 0.429 e. The quantitative estimate of drug-likeness (QED) is 0.365. The Morgan fingerprint density at radius 3 is 2.46 bits per heavy atom. The molecule has 0 spiro atoms. The number of hydrogen-bond donors (Lipinski definition) is 1. The summed E-state index contributed by atoms with van der Waals surface area (Å²) in [4.78, 5) is 23.5. The van der Waals surface area contributed by atoms with E-state index in [9.17, 15) is 27.2 Å². The molecule has 35 heavy (non-hydrogen) atoms. The molecule has 0 unspecified atom stereocenters. The predicted molar refractivity (Wildman–Crippen MR) is 115 cm³/mol. The molecular weight excluding hydrogens is 471 g/mol. The zero-order chi connectivity index (χ0) is 25.4. The van der Waals surface area contributed by atoms with Gasteiger partial charge >= 0.3 is 6.18 Å². The van der Waals surface area contributed by atoms with E-state index in [1.54, 1.807) is 12.1 Å². The van der Waals surface area contributed by atoms with Gasteiger partial charge in [-0.15, -0.1) is 0 Å². The van der Waals surface area contributed by atoms with Crippen molar-refractivity contribution in [1.29, 1.82) is 5.26 Å². The minimum Gasteiger partial charge on any atom is -0.324 e. The molecule has 4 rings (SSSR count). The summed E-state index contributed by atoms with van der Waals surface area (Å²) in [7, 11) is 0. The van der Waals surface area contributed by atoms with Crippen LogP contribution in [-0.2, 0) is 11.3 Å². The van der Waals surface area contributed by atoms with Crippen LogP contribution in [0.1, 0.15) is 38.1 Å². The van der Waals surface area contributed by atoms with E-state index in [1.807, 2.05) is 0 Å². The summed E-state index contributed by atoms with van der Waals surface area (Å²) >= 11 is 0. The van der Waals surface area contributed by atoms with Crippen molar-refractivity contribution in [2.75, 3.05) is 5.32 Å². The molecule has 0 aliphatic heterocycles. The van der Waals surface area contributed by atoms with Gasteiger partial charge in [-0.3, -0.25) is 4.98 Å². The highest BCUT2D eigenvalue weighted by Gasteiger charge is 2.46. The molecule has 1 saturated carbocycles. The van der Waals surface area contributed by atoms with Gasteiger partial charge in [0, 0.05) is 18.8 Å². The molecule has 8 nitrogen and oxygen atoms in total. The van der Waals surface area contributed by atoms with Crippen molar-refractivity contribution in [3.8, 4) is 17.6 Å². The number of anilines is 2. The van der Waals surface area contributed by atoms with Crippen LogP contribution < -0.4 is 5.32 Å². The van der Waals surface area contributed by atoms with E-state index >= 15 is 0 Å². The fourth-order valence-corrected chi connectivity index (χ4v) is 3.05. The molecule has 0 aromatic carbocycles. The Bertz CT molecular complexity index is 1340. The monoisotopic (exact) mass is 488 g/mol. The van der Waals surface area contributed by atoms with Crippen molar-refractivity contribution in [1.82, 2.24) is 24.9 Å². The van der Waals surface area contributed by atoms with Gasteiger partial charge in [0.25, 0.3) is 11.9 Å². The second-order valence-electron chi connectivity index (χ2n) is 8.02. The van der Waals surface area contributed by atoms with Crippen LogP contribution in [0.5, 0.6) is 0 Å². The second-order valence-corrected chi connectivity index (χ2v) is 8.02. The highest BCUT2D eigenvalue weighted by molar-refractivity contribution is 5.89. The first-order valence-electron chi connectivity index (χ1n) is 10.3. The average molecular weight is 488 g/mol. The number of nitrogens with zero attached hydrogens (tertiary/aromatic N) is 7. The lowest BCUT2D eigenvalue weighted by molar-refractivity contribution is -0.0591. The lowest BCUT2D eigenvalue weighted by Crippen LogP contribution is -2.19. The van der Waals surface area contributed by atoms with Crippen molar-refractivity contribution in [2.45, 2.75) is 44.2 Å². The number of alkyl halides is 5. The molecule has 0 radical (unpaired) electrons. The third-order valence-electron chi connectivity index (χ3n) is 5.20. The summed E-state index contributed by atoms with van der Waals surface area (Å²) in [6.07, 6.45) is -1.93. The molecule has 3 aromatic heterocycles. The average Bonchev–Trinajstić information content (AvgIpc) is 3.59. The molecular formula is C22H17F5N8. The molecule has 0 saturated heterocycles. The Balaban J connectivity index is 1.77. The Morgan fingerprint density at radius 1 is 1.09 bits per heavy atom. The number of nitrogens with one attached hydrogen (secondary N) is 1. The number of aromatic nitrogens is 5. The molecule has 1 fully saturated rings. The zero-order valence-electron chi connectivity index (χ0n) is 18.4. The molecule has 0 amide bonds. The third kappa shape index (κ3) is 5.37. The first kappa shape index (κ1) is 24.1. The summed E-state index contributed by atoms with van der Waals surface area (Å²) in [6, 6.07) is 9.15. The molecule has 3 aromatic rings. The van der Waals surface area contributed by atoms with Crippen LogP contribution >= 0.6 is 0 Å². The van der Waals surface area contributed by atoms with Gasteiger partial charge in [-0.25, -0.2) is 9.98 Å².